The molecule has 0 radical (unpaired) electrons. The van der Waals surface area contributed by atoms with Crippen molar-refractivity contribution in [2.24, 2.45) is 5.92 Å². The summed E-state index contributed by atoms with van der Waals surface area (Å²) in [5.74, 6) is 0.814. The summed E-state index contributed by atoms with van der Waals surface area (Å²) in [7, 11) is -0.979. The van der Waals surface area contributed by atoms with Gasteiger partial charge in [0.2, 0.25) is 0 Å². The molecule has 2 heteroatoms. The first kappa shape index (κ1) is 14.8. The third kappa shape index (κ3) is 5.92. The predicted octanol–water partition coefficient (Wildman–Crippen LogP) is 4.24. The second kappa shape index (κ2) is 6.23. The molecule has 2 rings (SSSR count). The van der Waals surface area contributed by atoms with E-state index in [2.05, 4.69) is 56.1 Å². The molecular weight excluding hydrogens is 246 g/mol. The fourth-order valence-electron chi connectivity index (χ4n) is 2.88. The third-order valence-electron chi connectivity index (χ3n) is 3.78. The maximum atomic E-state index is 3.74. The quantitative estimate of drug-likeness (QED) is 0.734. The largest absolute Gasteiger partial charge is 0.314 e. The summed E-state index contributed by atoms with van der Waals surface area (Å²) in [4.78, 5) is 0. The van der Waals surface area contributed by atoms with Crippen molar-refractivity contribution in [3.8, 4) is 0 Å². The van der Waals surface area contributed by atoms with E-state index in [4.69, 9.17) is 0 Å². The zero-order valence-corrected chi connectivity index (χ0v) is 14.0. The molecule has 1 saturated carbocycles. The van der Waals surface area contributed by atoms with Crippen LogP contribution in [-0.2, 0) is 6.42 Å². The van der Waals surface area contributed by atoms with Crippen molar-refractivity contribution < 1.29 is 0 Å². The number of benzene rings is 1. The van der Waals surface area contributed by atoms with Gasteiger partial charge in [-0.1, -0.05) is 55.5 Å². The predicted molar refractivity (Wildman–Crippen MR) is 87.6 cm³/mol. The van der Waals surface area contributed by atoms with Crippen molar-refractivity contribution in [2.45, 2.75) is 57.9 Å². The van der Waals surface area contributed by atoms with Crippen LogP contribution in [0.25, 0.3) is 0 Å². The molecule has 106 valence electrons. The fourth-order valence-corrected chi connectivity index (χ4v) is 4.90. The second-order valence-electron chi connectivity index (χ2n) is 7.51. The van der Waals surface area contributed by atoms with Gasteiger partial charge in [0, 0.05) is 14.1 Å². The van der Waals surface area contributed by atoms with E-state index in [9.17, 15) is 0 Å². The summed E-state index contributed by atoms with van der Waals surface area (Å²) in [6.45, 7) is 10.9. The average Bonchev–Trinajstić information content (AvgIpc) is 3.07. The van der Waals surface area contributed by atoms with Gasteiger partial charge in [-0.3, -0.25) is 0 Å². The lowest BCUT2D eigenvalue weighted by Gasteiger charge is -2.25. The van der Waals surface area contributed by atoms with Crippen molar-refractivity contribution in [1.29, 1.82) is 0 Å². The minimum absolute atomic E-state index is 0.814. The molecule has 1 aliphatic carbocycles. The molecule has 19 heavy (non-hydrogen) atoms. The highest BCUT2D eigenvalue weighted by Crippen LogP contribution is 2.24. The lowest BCUT2D eigenvalue weighted by Crippen LogP contribution is -2.32. The number of nitrogens with one attached hydrogen (secondary N) is 1. The number of rotatable bonds is 7. The Morgan fingerprint density at radius 2 is 2.00 bits per heavy atom. The van der Waals surface area contributed by atoms with Gasteiger partial charge < -0.3 is 5.32 Å². The molecule has 0 aromatic heterocycles. The highest BCUT2D eigenvalue weighted by Gasteiger charge is 2.25. The molecule has 1 atom stereocenters. The van der Waals surface area contributed by atoms with Gasteiger partial charge in [-0.2, -0.15) is 0 Å². The Morgan fingerprint density at radius 1 is 1.26 bits per heavy atom. The molecule has 0 saturated heterocycles. The topological polar surface area (TPSA) is 12.0 Å². The van der Waals surface area contributed by atoms with E-state index in [0.717, 1.165) is 12.0 Å². The first-order chi connectivity index (χ1) is 8.92. The van der Waals surface area contributed by atoms with Gasteiger partial charge in [-0.15, -0.1) is 0 Å². The summed E-state index contributed by atoms with van der Waals surface area (Å²) < 4.78 is 0. The summed E-state index contributed by atoms with van der Waals surface area (Å²) in [6.07, 6.45) is 4.03. The van der Waals surface area contributed by atoms with E-state index in [0.29, 0.717) is 0 Å². The lowest BCUT2D eigenvalue weighted by molar-refractivity contribution is 0.504. The number of aryl methyl sites for hydroxylation is 1. The Bertz CT molecular complexity index is 404. The van der Waals surface area contributed by atoms with E-state index in [1.54, 1.807) is 0 Å². The van der Waals surface area contributed by atoms with Crippen LogP contribution in [0.3, 0.4) is 0 Å². The van der Waals surface area contributed by atoms with Gasteiger partial charge in [0.05, 0.1) is 0 Å². The molecule has 1 aliphatic rings. The molecule has 0 heterocycles. The lowest BCUT2D eigenvalue weighted by atomic mass is 9.99. The van der Waals surface area contributed by atoms with Gasteiger partial charge in [-0.25, -0.2) is 0 Å². The van der Waals surface area contributed by atoms with Crippen molar-refractivity contribution in [3.05, 3.63) is 35.4 Å². The van der Waals surface area contributed by atoms with Crippen LogP contribution in [0.15, 0.2) is 24.3 Å². The van der Waals surface area contributed by atoms with Crippen molar-refractivity contribution in [1.82, 2.24) is 5.32 Å². The van der Waals surface area contributed by atoms with Gasteiger partial charge in [0.25, 0.3) is 0 Å². The Labute approximate surface area is 119 Å². The number of hydrogen-bond acceptors (Lipinski definition) is 1. The zero-order chi connectivity index (χ0) is 13.9. The Kier molecular flexibility index (Phi) is 4.85. The van der Waals surface area contributed by atoms with Crippen LogP contribution in [0.4, 0.5) is 0 Å². The van der Waals surface area contributed by atoms with Crippen LogP contribution < -0.4 is 5.32 Å². The van der Waals surface area contributed by atoms with Crippen molar-refractivity contribution >= 4 is 8.07 Å². The Balaban J connectivity index is 1.94. The van der Waals surface area contributed by atoms with E-state index in [-0.39, 0.29) is 0 Å². The van der Waals surface area contributed by atoms with Gasteiger partial charge in [0.15, 0.2) is 0 Å². The summed E-state index contributed by atoms with van der Waals surface area (Å²) in [6, 6.07) is 11.3. The normalized spacial score (nSPS) is 17.5. The monoisotopic (exact) mass is 275 g/mol. The van der Waals surface area contributed by atoms with E-state index >= 15 is 0 Å². The molecule has 0 spiro atoms. The third-order valence-corrected chi connectivity index (χ3v) is 5.58. The highest BCUT2D eigenvalue weighted by atomic mass is 28.3. The molecule has 1 N–H and O–H groups in total. The second-order valence-corrected chi connectivity index (χ2v) is 13.0. The maximum absolute atomic E-state index is 3.74. The minimum Gasteiger partial charge on any atom is -0.314 e. The first-order valence-corrected chi connectivity index (χ1v) is 11.4. The maximum Gasteiger partial charge on any atom is 0.0446 e. The molecule has 1 aromatic carbocycles. The van der Waals surface area contributed by atoms with Crippen molar-refractivity contribution in [3.63, 3.8) is 0 Å². The van der Waals surface area contributed by atoms with Gasteiger partial charge in [-0.05, 0) is 44.2 Å². The van der Waals surface area contributed by atoms with Crippen LogP contribution in [0, 0.1) is 12.8 Å². The SMILES string of the molecule is Cc1cccc(CC(CNC2CC2)C[Si](C)(C)C)c1. The fraction of sp³-hybridized carbons (Fsp3) is 0.647. The minimum atomic E-state index is -0.979. The summed E-state index contributed by atoms with van der Waals surface area (Å²) in [5, 5.41) is 3.74. The molecule has 0 aliphatic heterocycles. The van der Waals surface area contributed by atoms with E-state index < -0.39 is 8.07 Å². The smallest absolute Gasteiger partial charge is 0.0446 e. The molecule has 1 nitrogen and oxygen atoms in total. The molecule has 1 unspecified atom stereocenters. The average molecular weight is 276 g/mol. The highest BCUT2D eigenvalue weighted by molar-refractivity contribution is 6.76. The Morgan fingerprint density at radius 3 is 2.58 bits per heavy atom. The van der Waals surface area contributed by atoms with Crippen LogP contribution in [0.5, 0.6) is 0 Å². The summed E-state index contributed by atoms with van der Waals surface area (Å²) in [5.41, 5.74) is 2.90. The van der Waals surface area contributed by atoms with Gasteiger partial charge in [0.1, 0.15) is 0 Å². The van der Waals surface area contributed by atoms with Gasteiger partial charge >= 0.3 is 0 Å². The zero-order valence-electron chi connectivity index (χ0n) is 13.0. The molecule has 1 fully saturated rings. The molecule has 0 bridgehead atoms. The molecule has 0 amide bonds. The van der Waals surface area contributed by atoms with Crippen LogP contribution in [0.1, 0.15) is 24.0 Å². The Hall–Kier alpha value is -0.603. The van der Waals surface area contributed by atoms with Crippen molar-refractivity contribution in [2.75, 3.05) is 6.54 Å². The van der Waals surface area contributed by atoms with Crippen LogP contribution in [0.2, 0.25) is 25.7 Å². The standard InChI is InChI=1S/C17H29NSi/c1-14-6-5-7-15(10-14)11-16(13-19(2,3)4)12-18-17-8-9-17/h5-7,10,16-18H,8-9,11-13H2,1-4H3. The van der Waals surface area contributed by atoms with Crippen LogP contribution >= 0.6 is 0 Å². The van der Waals surface area contributed by atoms with E-state index in [1.807, 2.05) is 0 Å². The summed E-state index contributed by atoms with van der Waals surface area (Å²) >= 11 is 0. The molecule has 1 aromatic rings. The van der Waals surface area contributed by atoms with E-state index in [1.165, 1.54) is 43.0 Å². The molecular formula is C17H29NSi. The first-order valence-electron chi connectivity index (χ1n) is 7.71. The number of hydrogen-bond donors (Lipinski definition) is 1. The van der Waals surface area contributed by atoms with Crippen LogP contribution in [-0.4, -0.2) is 20.7 Å².